The molecule has 0 N–H and O–H groups in total. The van der Waals surface area contributed by atoms with Crippen molar-refractivity contribution in [2.24, 2.45) is 5.92 Å². The maximum atomic E-state index is 15.2. The van der Waals surface area contributed by atoms with Crippen LogP contribution < -0.4 is 4.73 Å². The first kappa shape index (κ1) is 25.8. The number of nitrogens with zero attached hydrogens (tertiary/aromatic N) is 10. The molecule has 1 aliphatic carbocycles. The normalized spacial score (nSPS) is 16.9. The lowest BCUT2D eigenvalue weighted by atomic mass is 10.0. The number of alkyl halides is 4. The molecule has 1 unspecified atom stereocenters. The van der Waals surface area contributed by atoms with E-state index in [0.717, 1.165) is 12.4 Å². The molecule has 0 spiro atoms. The molecule has 5 aromatic rings. The molecule has 0 saturated heterocycles. The second-order valence-electron chi connectivity index (χ2n) is 9.16. The van der Waals surface area contributed by atoms with Crippen molar-refractivity contribution in [1.29, 1.82) is 0 Å². The summed E-state index contributed by atoms with van der Waals surface area (Å²) in [7, 11) is 0. The van der Waals surface area contributed by atoms with Gasteiger partial charge in [-0.1, -0.05) is 16.8 Å². The molecule has 0 aliphatic heterocycles. The fourth-order valence-corrected chi connectivity index (χ4v) is 4.64. The summed E-state index contributed by atoms with van der Waals surface area (Å²) in [5.41, 5.74) is 0.708. The van der Waals surface area contributed by atoms with Crippen LogP contribution in [0.15, 0.2) is 55.4 Å². The molecule has 17 heteroatoms. The number of aromatic nitrogens is 10. The van der Waals surface area contributed by atoms with Crippen molar-refractivity contribution in [3.05, 3.63) is 77.1 Å². The van der Waals surface area contributed by atoms with Crippen LogP contribution in [-0.2, 0) is 0 Å². The SMILES string of the molecule is [O-][n+]1cc(-c2c(-n3cnnn3)ccc(Cl)c2F)ccc1[C@H](CC1CC1(F)F)n1cc(-c2cn(C(F)F)nn2)cn1. The number of tetrazole rings is 1. The summed E-state index contributed by atoms with van der Waals surface area (Å²) in [6, 6.07) is 4.66. The van der Waals surface area contributed by atoms with E-state index in [-0.39, 0.29) is 46.1 Å². The topological polar surface area (TPSA) is 119 Å². The third-order valence-electron chi connectivity index (χ3n) is 6.63. The number of pyridine rings is 1. The van der Waals surface area contributed by atoms with Crippen molar-refractivity contribution in [2.75, 3.05) is 0 Å². The Labute approximate surface area is 226 Å². The van der Waals surface area contributed by atoms with Crippen molar-refractivity contribution in [2.45, 2.75) is 31.4 Å². The van der Waals surface area contributed by atoms with Gasteiger partial charge in [0.15, 0.2) is 12.0 Å². The molecule has 40 heavy (non-hydrogen) atoms. The Balaban J connectivity index is 1.39. The van der Waals surface area contributed by atoms with Gasteiger partial charge < -0.3 is 5.21 Å². The van der Waals surface area contributed by atoms with Gasteiger partial charge in [0.05, 0.1) is 34.2 Å². The molecule has 11 nitrogen and oxygen atoms in total. The molecular weight excluding hydrogens is 563 g/mol. The summed E-state index contributed by atoms with van der Waals surface area (Å²) < 4.78 is 72.1. The van der Waals surface area contributed by atoms with E-state index < -0.39 is 30.2 Å². The number of rotatable bonds is 8. The Morgan fingerprint density at radius 2 is 1.90 bits per heavy atom. The van der Waals surface area contributed by atoms with Gasteiger partial charge in [-0.3, -0.25) is 4.68 Å². The summed E-state index contributed by atoms with van der Waals surface area (Å²) >= 11 is 6.01. The Bertz CT molecular complexity index is 1690. The average molecular weight is 579 g/mol. The minimum absolute atomic E-state index is 0.0451. The summed E-state index contributed by atoms with van der Waals surface area (Å²) in [6.45, 7) is -2.90. The van der Waals surface area contributed by atoms with E-state index in [2.05, 4.69) is 30.9 Å². The molecule has 0 amide bonds. The first-order chi connectivity index (χ1) is 19.1. The van der Waals surface area contributed by atoms with E-state index in [0.29, 0.717) is 15.0 Å². The lowest BCUT2D eigenvalue weighted by molar-refractivity contribution is -0.615. The van der Waals surface area contributed by atoms with Gasteiger partial charge in [-0.15, -0.1) is 10.2 Å². The number of halogens is 6. The molecule has 0 bridgehead atoms. The summed E-state index contributed by atoms with van der Waals surface area (Å²) in [4.78, 5) is 0. The third kappa shape index (κ3) is 4.63. The zero-order valence-electron chi connectivity index (χ0n) is 20.0. The highest BCUT2D eigenvalue weighted by atomic mass is 35.5. The van der Waals surface area contributed by atoms with Gasteiger partial charge >= 0.3 is 6.55 Å². The predicted molar refractivity (Wildman–Crippen MR) is 127 cm³/mol. The fourth-order valence-electron chi connectivity index (χ4n) is 4.48. The second kappa shape index (κ2) is 9.62. The van der Waals surface area contributed by atoms with E-state index in [1.54, 1.807) is 0 Å². The van der Waals surface area contributed by atoms with Crippen LogP contribution in [0.3, 0.4) is 0 Å². The Morgan fingerprint density at radius 1 is 1.10 bits per heavy atom. The van der Waals surface area contributed by atoms with E-state index >= 15 is 4.39 Å². The van der Waals surface area contributed by atoms with Gasteiger partial charge in [0, 0.05) is 30.2 Å². The molecular formula is C23H16ClF5N10O. The third-order valence-corrected chi connectivity index (χ3v) is 6.93. The van der Waals surface area contributed by atoms with Crippen LogP contribution >= 0.6 is 11.6 Å². The molecule has 4 heterocycles. The van der Waals surface area contributed by atoms with Crippen LogP contribution in [0.5, 0.6) is 0 Å². The van der Waals surface area contributed by atoms with Crippen LogP contribution in [0.4, 0.5) is 22.0 Å². The lowest BCUT2D eigenvalue weighted by Crippen LogP contribution is -2.36. The van der Waals surface area contributed by atoms with Gasteiger partial charge in [-0.2, -0.15) is 28.0 Å². The molecule has 6 rings (SSSR count). The molecule has 1 fully saturated rings. The summed E-state index contributed by atoms with van der Waals surface area (Å²) in [5.74, 6) is -4.70. The van der Waals surface area contributed by atoms with Crippen LogP contribution in [0, 0.1) is 16.9 Å². The van der Waals surface area contributed by atoms with Gasteiger partial charge in [0.2, 0.25) is 5.69 Å². The summed E-state index contributed by atoms with van der Waals surface area (Å²) in [6.07, 6.45) is 5.58. The molecule has 1 aliphatic rings. The van der Waals surface area contributed by atoms with E-state index in [4.69, 9.17) is 11.6 Å². The minimum atomic E-state index is -2.90. The zero-order chi connectivity index (χ0) is 28.2. The Hall–Kier alpha value is -4.47. The second-order valence-corrected chi connectivity index (χ2v) is 9.57. The van der Waals surface area contributed by atoms with Crippen molar-refractivity contribution in [3.63, 3.8) is 0 Å². The molecule has 0 radical (unpaired) electrons. The average Bonchev–Trinajstić information content (AvgIpc) is 3.50. The Kier molecular flexibility index (Phi) is 6.20. The molecule has 1 aromatic carbocycles. The number of hydrogen-bond acceptors (Lipinski definition) is 7. The fraction of sp³-hybridized carbons (Fsp3) is 0.261. The molecule has 1 saturated carbocycles. The maximum absolute atomic E-state index is 15.2. The van der Waals surface area contributed by atoms with Crippen molar-refractivity contribution < 1.29 is 26.7 Å². The predicted octanol–water partition coefficient (Wildman–Crippen LogP) is 4.24. The minimum Gasteiger partial charge on any atom is -0.618 e. The lowest BCUT2D eigenvalue weighted by Gasteiger charge is -2.18. The molecule has 4 aromatic heterocycles. The molecule has 206 valence electrons. The van der Waals surface area contributed by atoms with Gasteiger partial charge in [0.25, 0.3) is 5.92 Å². The number of benzene rings is 1. The quantitative estimate of drug-likeness (QED) is 0.153. The first-order valence-electron chi connectivity index (χ1n) is 11.7. The monoisotopic (exact) mass is 578 g/mol. The number of hydrogen-bond donors (Lipinski definition) is 0. The maximum Gasteiger partial charge on any atom is 0.334 e. The van der Waals surface area contributed by atoms with E-state index in [1.165, 1.54) is 52.4 Å². The highest BCUT2D eigenvalue weighted by Gasteiger charge is 2.57. The standard InChI is InChI=1S/C23H16ClF5N10O/c24-15-2-4-18(38-11-30-33-35-38)20(21(15)25)12-1-3-17(39(40)9-12)19(5-14-6-23(14,28)29)36-8-13(7-31-36)16-10-37(22(26)27)34-32-16/h1-4,7-11,14,19,22H,5-6H2/t14?,19-/m0/s1. The van der Waals surface area contributed by atoms with Crippen LogP contribution in [0.25, 0.3) is 28.1 Å². The zero-order valence-corrected chi connectivity index (χ0v) is 20.7. The smallest absolute Gasteiger partial charge is 0.334 e. The van der Waals surface area contributed by atoms with Gasteiger partial charge in [-0.05, 0) is 35.0 Å². The summed E-state index contributed by atoms with van der Waals surface area (Å²) in [5, 5.41) is 35.2. The van der Waals surface area contributed by atoms with Crippen LogP contribution in [0.2, 0.25) is 5.02 Å². The van der Waals surface area contributed by atoms with Crippen LogP contribution in [0.1, 0.15) is 31.1 Å². The largest absolute Gasteiger partial charge is 0.618 e. The van der Waals surface area contributed by atoms with Crippen LogP contribution in [-0.4, -0.2) is 50.9 Å². The van der Waals surface area contributed by atoms with Crippen molar-refractivity contribution >= 4 is 11.6 Å². The van der Waals surface area contributed by atoms with Crippen molar-refractivity contribution in [1.82, 2.24) is 45.0 Å². The highest BCUT2D eigenvalue weighted by Crippen LogP contribution is 2.53. The van der Waals surface area contributed by atoms with E-state index in [9.17, 15) is 22.8 Å². The van der Waals surface area contributed by atoms with Gasteiger partial charge in [0.1, 0.15) is 18.1 Å². The first-order valence-corrected chi connectivity index (χ1v) is 12.1. The Morgan fingerprint density at radius 3 is 2.55 bits per heavy atom. The van der Waals surface area contributed by atoms with Gasteiger partial charge in [-0.25, -0.2) is 13.2 Å². The van der Waals surface area contributed by atoms with Crippen molar-refractivity contribution in [3.8, 4) is 28.1 Å². The van der Waals surface area contributed by atoms with E-state index in [1.807, 2.05) is 0 Å². The molecule has 2 atom stereocenters. The highest BCUT2D eigenvalue weighted by molar-refractivity contribution is 6.31.